The maximum absolute atomic E-state index is 5.03. The van der Waals surface area contributed by atoms with Gasteiger partial charge < -0.3 is 19.6 Å². The molecule has 52 heavy (non-hydrogen) atoms. The molecule has 3 heterocycles. The molecule has 0 N–H and O–H groups in total. The van der Waals surface area contributed by atoms with E-state index in [0.29, 0.717) is 0 Å². The first kappa shape index (κ1) is 34.2. The summed E-state index contributed by atoms with van der Waals surface area (Å²) in [5.41, 5.74) is 11.7. The minimum atomic E-state index is -0.812. The first-order valence-corrected chi connectivity index (χ1v) is 17.7. The zero-order chi connectivity index (χ0) is 35.1. The number of fused-ring (bicyclic) bond motifs is 5. The zero-order valence-corrected chi connectivity index (χ0v) is 32.6. The van der Waals surface area contributed by atoms with Crippen molar-refractivity contribution >= 4 is 34.3 Å². The third kappa shape index (κ3) is 5.11. The van der Waals surface area contributed by atoms with Gasteiger partial charge in [-0.25, -0.2) is 4.98 Å². The molecule has 1 aliphatic carbocycles. The summed E-state index contributed by atoms with van der Waals surface area (Å²) >= 11 is 0. The molecule has 5 aromatic carbocycles. The van der Waals surface area contributed by atoms with Crippen molar-refractivity contribution < 1.29 is 21.1 Å². The molecule has 0 amide bonds. The summed E-state index contributed by atoms with van der Waals surface area (Å²) in [4.78, 5) is 14.4. The van der Waals surface area contributed by atoms with Gasteiger partial charge in [-0.1, -0.05) is 102 Å². The molecule has 3 aliphatic rings. The maximum Gasteiger partial charge on any atom is 4.00 e. The number of benzene rings is 5. The van der Waals surface area contributed by atoms with Crippen molar-refractivity contribution in [3.8, 4) is 11.1 Å². The van der Waals surface area contributed by atoms with E-state index >= 15 is 0 Å². The zero-order valence-electron chi connectivity index (χ0n) is 30.3. The van der Waals surface area contributed by atoms with Crippen LogP contribution in [0.5, 0.6) is 0 Å². The Morgan fingerprint density at radius 1 is 0.558 bits per heavy atom. The fourth-order valence-electron chi connectivity index (χ4n) is 7.93. The summed E-state index contributed by atoms with van der Waals surface area (Å²) in [7, 11) is 0. The van der Waals surface area contributed by atoms with Crippen LogP contribution in [-0.4, -0.2) is 4.98 Å². The van der Waals surface area contributed by atoms with Crippen LogP contribution in [0.15, 0.2) is 128 Å². The van der Waals surface area contributed by atoms with Crippen molar-refractivity contribution in [2.24, 2.45) is 0 Å². The monoisotopic (exact) mass is 858 g/mol. The molecule has 9 rings (SSSR count). The number of para-hydroxylation sites is 2. The molecule has 2 aliphatic heterocycles. The molecule has 0 fully saturated rings. The van der Waals surface area contributed by atoms with Gasteiger partial charge in [-0.05, 0) is 46.2 Å². The second-order valence-corrected chi connectivity index (χ2v) is 15.7. The smallest absolute Gasteiger partial charge is 0.494 e. The maximum atomic E-state index is 5.03. The van der Waals surface area contributed by atoms with Crippen molar-refractivity contribution in [1.29, 1.82) is 0 Å². The molecule has 5 nitrogen and oxygen atoms in total. The van der Waals surface area contributed by atoms with Crippen LogP contribution in [0.3, 0.4) is 0 Å². The van der Waals surface area contributed by atoms with Crippen LogP contribution in [0, 0.1) is 25.5 Å². The van der Waals surface area contributed by atoms with Gasteiger partial charge in [-0.15, -0.1) is 36.8 Å². The minimum Gasteiger partial charge on any atom is -0.494 e. The topological polar surface area (TPSA) is 25.9 Å². The summed E-state index contributed by atoms with van der Waals surface area (Å²) in [6, 6.07) is 50.8. The number of hydrogen-bond acceptors (Lipinski definition) is 5. The van der Waals surface area contributed by atoms with E-state index in [1.54, 1.807) is 0 Å². The molecule has 0 saturated heterocycles. The summed E-state index contributed by atoms with van der Waals surface area (Å²) in [6.45, 7) is 18.0. The standard InChI is InChI=1S/C46H41N5.Pt/c1-44(2,3)32-16-13-18-34(28-32)48-30-50(41-25-12-11-24-40(41)48)46(38-22-9-7-20-36(38)37-21-8-10-23-39(37)46)51-31-49(43-42(51)26-15-27-47-43)35-19-14-17-33(29-35)45(4,5)6;/h7-17,20-31H,1-6H3;/q-4;+4. The van der Waals surface area contributed by atoms with Gasteiger partial charge in [0.1, 0.15) is 11.5 Å². The minimum absolute atomic E-state index is 0. The van der Waals surface area contributed by atoms with E-state index in [4.69, 9.17) is 4.98 Å². The average molecular weight is 859 g/mol. The number of aromatic nitrogens is 1. The quantitative estimate of drug-likeness (QED) is 0.165. The van der Waals surface area contributed by atoms with Crippen molar-refractivity contribution in [2.75, 3.05) is 19.6 Å². The predicted molar refractivity (Wildman–Crippen MR) is 209 cm³/mol. The van der Waals surface area contributed by atoms with Crippen molar-refractivity contribution in [2.45, 2.75) is 58.0 Å². The Kier molecular flexibility index (Phi) is 8.15. The van der Waals surface area contributed by atoms with Gasteiger partial charge in [0.05, 0.1) is 5.69 Å². The number of pyridine rings is 1. The van der Waals surface area contributed by atoms with Crippen LogP contribution in [0.1, 0.15) is 63.8 Å². The fourth-order valence-corrected chi connectivity index (χ4v) is 7.93. The van der Waals surface area contributed by atoms with E-state index < -0.39 is 5.66 Å². The third-order valence-corrected chi connectivity index (χ3v) is 10.5. The van der Waals surface area contributed by atoms with Crippen molar-refractivity contribution in [3.05, 3.63) is 175 Å². The normalized spacial score (nSPS) is 15.6. The van der Waals surface area contributed by atoms with E-state index in [0.717, 1.165) is 34.3 Å². The molecule has 6 aromatic rings. The van der Waals surface area contributed by atoms with E-state index in [-0.39, 0.29) is 31.9 Å². The summed E-state index contributed by atoms with van der Waals surface area (Å²) in [5.74, 6) is 0.872. The van der Waals surface area contributed by atoms with Gasteiger partial charge in [0.2, 0.25) is 0 Å². The van der Waals surface area contributed by atoms with E-state index in [9.17, 15) is 0 Å². The van der Waals surface area contributed by atoms with E-state index in [1.165, 1.54) is 33.4 Å². The molecule has 0 bridgehead atoms. The number of rotatable bonds is 4. The Balaban J connectivity index is 0.00000387. The van der Waals surface area contributed by atoms with E-state index in [2.05, 4.69) is 196 Å². The van der Waals surface area contributed by atoms with Crippen molar-refractivity contribution in [3.63, 3.8) is 0 Å². The Labute approximate surface area is 322 Å². The Morgan fingerprint density at radius 2 is 1.04 bits per heavy atom. The molecule has 6 heteroatoms. The van der Waals surface area contributed by atoms with Crippen molar-refractivity contribution in [1.82, 2.24) is 4.98 Å². The second kappa shape index (κ2) is 12.4. The summed E-state index contributed by atoms with van der Waals surface area (Å²) in [5, 5.41) is 0. The van der Waals surface area contributed by atoms with Gasteiger partial charge >= 0.3 is 21.1 Å². The van der Waals surface area contributed by atoms with Gasteiger partial charge in [0.15, 0.2) is 0 Å². The molecule has 0 saturated carbocycles. The van der Waals surface area contributed by atoms with Crippen LogP contribution in [0.2, 0.25) is 0 Å². The van der Waals surface area contributed by atoms with Crippen LogP contribution in [0.25, 0.3) is 11.1 Å². The Hall–Kier alpha value is -4.86. The molecular weight excluding hydrogens is 818 g/mol. The van der Waals surface area contributed by atoms with Gasteiger partial charge in [-0.2, -0.15) is 47.5 Å². The van der Waals surface area contributed by atoms with Crippen LogP contribution in [0.4, 0.5) is 34.3 Å². The van der Waals surface area contributed by atoms with Crippen LogP contribution in [-0.2, 0) is 37.6 Å². The average Bonchev–Trinajstić information content (AvgIpc) is 3.81. The van der Waals surface area contributed by atoms with Crippen LogP contribution < -0.4 is 19.6 Å². The van der Waals surface area contributed by atoms with Crippen LogP contribution >= 0.6 is 0 Å². The molecule has 0 unspecified atom stereocenters. The molecule has 0 spiro atoms. The molecule has 0 radical (unpaired) electrons. The van der Waals surface area contributed by atoms with Gasteiger partial charge in [0.25, 0.3) is 0 Å². The molecule has 0 atom stereocenters. The Morgan fingerprint density at radius 3 is 1.63 bits per heavy atom. The number of hydrogen-bond donors (Lipinski definition) is 0. The number of anilines is 6. The number of nitrogens with zero attached hydrogens (tertiary/aromatic N) is 5. The molecular formula is C46H41N5Pt. The predicted octanol–water partition coefficient (Wildman–Crippen LogP) is 11.0. The third-order valence-electron chi connectivity index (χ3n) is 10.5. The summed E-state index contributed by atoms with van der Waals surface area (Å²) < 4.78 is 0. The Bertz CT molecular complexity index is 2140. The fraction of sp³-hybridized carbons (Fsp3) is 0.196. The SMILES string of the molecule is CC(C)(C)c1cc[c-]c(N2[CH-]N(C3(N4[CH-]N(c5[c-]ccc(C(C)(C)C)c5)c5ncccc54)c4ccccc4-c4ccccc43)c3ccccc32)c1.[Pt+4]. The first-order chi connectivity index (χ1) is 24.6. The molecule has 260 valence electrons. The second-order valence-electron chi connectivity index (χ2n) is 15.7. The molecule has 1 aromatic heterocycles. The summed E-state index contributed by atoms with van der Waals surface area (Å²) in [6.07, 6.45) is 1.89. The van der Waals surface area contributed by atoms with Gasteiger partial charge in [0, 0.05) is 28.7 Å². The van der Waals surface area contributed by atoms with Gasteiger partial charge in [-0.3, -0.25) is 0 Å². The first-order valence-electron chi connectivity index (χ1n) is 17.7. The van der Waals surface area contributed by atoms with E-state index in [1.807, 2.05) is 18.3 Å². The largest absolute Gasteiger partial charge is 4.00 e.